The molecule has 150 valence electrons. The lowest BCUT2D eigenvalue weighted by atomic mass is 9.48. The second-order valence-corrected chi connectivity index (χ2v) is 9.75. The minimum atomic E-state index is -0.0213. The fourth-order valence-corrected chi connectivity index (χ4v) is 6.67. The van der Waals surface area contributed by atoms with Crippen LogP contribution in [0.15, 0.2) is 54.6 Å². The first kappa shape index (κ1) is 18.6. The lowest BCUT2D eigenvalue weighted by molar-refractivity contribution is -0.0688. The number of hydrogen-bond acceptors (Lipinski definition) is 2. The van der Waals surface area contributed by atoms with E-state index >= 15 is 0 Å². The third kappa shape index (κ3) is 3.41. The van der Waals surface area contributed by atoms with Gasteiger partial charge in [-0.3, -0.25) is 9.59 Å². The average Bonchev–Trinajstić information content (AvgIpc) is 2.73. The number of ketones is 1. The predicted octanol–water partition coefficient (Wildman–Crippen LogP) is 5.25. The van der Waals surface area contributed by atoms with Gasteiger partial charge in [-0.15, -0.1) is 0 Å². The van der Waals surface area contributed by atoms with Gasteiger partial charge in [0, 0.05) is 22.7 Å². The Morgan fingerprint density at radius 1 is 0.793 bits per heavy atom. The zero-order valence-corrected chi connectivity index (χ0v) is 17.1. The zero-order valence-electron chi connectivity index (χ0n) is 17.1. The van der Waals surface area contributed by atoms with Crippen molar-refractivity contribution in [1.82, 2.24) is 5.32 Å². The summed E-state index contributed by atoms with van der Waals surface area (Å²) in [4.78, 5) is 25.5. The number of carbonyl (C=O) groups is 2. The maximum Gasteiger partial charge on any atom is 0.251 e. The number of carbonyl (C=O) groups excluding carboxylic acids is 2. The summed E-state index contributed by atoms with van der Waals surface area (Å²) in [5, 5.41) is 3.31. The van der Waals surface area contributed by atoms with Gasteiger partial charge < -0.3 is 5.32 Å². The molecule has 4 fully saturated rings. The molecule has 29 heavy (non-hydrogen) atoms. The van der Waals surface area contributed by atoms with Crippen molar-refractivity contribution < 1.29 is 9.59 Å². The molecule has 4 saturated carbocycles. The molecule has 2 aromatic carbocycles. The third-order valence-corrected chi connectivity index (χ3v) is 7.80. The third-order valence-electron chi connectivity index (χ3n) is 7.80. The van der Waals surface area contributed by atoms with Crippen LogP contribution in [0.2, 0.25) is 0 Å². The second-order valence-electron chi connectivity index (χ2n) is 9.75. The highest BCUT2D eigenvalue weighted by Gasteiger charge is 2.53. The van der Waals surface area contributed by atoms with Gasteiger partial charge in [0.25, 0.3) is 5.91 Å². The van der Waals surface area contributed by atoms with Gasteiger partial charge in [-0.05, 0) is 80.8 Å². The molecule has 2 aromatic rings. The van der Waals surface area contributed by atoms with E-state index in [1.807, 2.05) is 30.3 Å². The number of amides is 1. The molecule has 0 saturated heterocycles. The van der Waals surface area contributed by atoms with Gasteiger partial charge in [-0.2, -0.15) is 0 Å². The van der Waals surface area contributed by atoms with Crippen molar-refractivity contribution >= 4 is 11.7 Å². The molecule has 0 unspecified atom stereocenters. The van der Waals surface area contributed by atoms with E-state index in [1.54, 1.807) is 24.3 Å². The van der Waals surface area contributed by atoms with E-state index in [1.165, 1.54) is 38.5 Å². The summed E-state index contributed by atoms with van der Waals surface area (Å²) in [5.74, 6) is 2.60. The van der Waals surface area contributed by atoms with Crippen molar-refractivity contribution in [2.45, 2.75) is 51.5 Å². The van der Waals surface area contributed by atoms with Crippen LogP contribution in [0.1, 0.15) is 71.7 Å². The molecule has 0 aliphatic heterocycles. The van der Waals surface area contributed by atoms with E-state index in [9.17, 15) is 9.59 Å². The molecule has 0 radical (unpaired) electrons. The molecular formula is C26H29NO2. The molecule has 0 aromatic heterocycles. The number of rotatable bonds is 5. The minimum Gasteiger partial charge on any atom is -0.349 e. The van der Waals surface area contributed by atoms with Crippen molar-refractivity contribution in [2.24, 2.45) is 23.2 Å². The normalized spacial score (nSPS) is 30.7. The van der Waals surface area contributed by atoms with E-state index in [0.29, 0.717) is 22.1 Å². The Labute approximate surface area is 172 Å². The summed E-state index contributed by atoms with van der Waals surface area (Å²) in [5.41, 5.74) is 2.21. The molecule has 1 atom stereocenters. The van der Waals surface area contributed by atoms with Gasteiger partial charge in [0.1, 0.15) is 0 Å². The lowest BCUT2D eigenvalue weighted by Crippen LogP contribution is -2.55. The first-order valence-electron chi connectivity index (χ1n) is 11.0. The molecule has 4 aliphatic rings. The topological polar surface area (TPSA) is 46.2 Å². The van der Waals surface area contributed by atoms with E-state index in [2.05, 4.69) is 12.2 Å². The summed E-state index contributed by atoms with van der Waals surface area (Å²) >= 11 is 0. The Morgan fingerprint density at radius 2 is 1.28 bits per heavy atom. The maximum absolute atomic E-state index is 12.9. The van der Waals surface area contributed by atoms with Crippen LogP contribution in [0.3, 0.4) is 0 Å². The summed E-state index contributed by atoms with van der Waals surface area (Å²) in [6, 6.07) is 16.5. The van der Waals surface area contributed by atoms with Crippen LogP contribution in [-0.2, 0) is 0 Å². The monoisotopic (exact) mass is 387 g/mol. The van der Waals surface area contributed by atoms with Crippen molar-refractivity contribution in [3.8, 4) is 0 Å². The molecule has 0 heterocycles. The minimum absolute atomic E-state index is 0.0144. The fraction of sp³-hybridized carbons (Fsp3) is 0.462. The molecule has 0 spiro atoms. The van der Waals surface area contributed by atoms with Gasteiger partial charge in [-0.1, -0.05) is 42.5 Å². The summed E-state index contributed by atoms with van der Waals surface area (Å²) < 4.78 is 0. The van der Waals surface area contributed by atoms with Gasteiger partial charge in [-0.25, -0.2) is 0 Å². The molecule has 3 nitrogen and oxygen atoms in total. The standard InChI is InChI=1S/C26H29NO2/c1-17(26-14-18-11-19(15-26)13-20(12-18)16-26)27-25(29)23-9-7-22(8-10-23)24(28)21-5-3-2-4-6-21/h2-10,17-20H,11-16H2,1H3,(H,27,29)/t17-,18?,19?,20?,26?/m1/s1. The lowest BCUT2D eigenvalue weighted by Gasteiger charge is -2.59. The van der Waals surface area contributed by atoms with Crippen LogP contribution in [-0.4, -0.2) is 17.7 Å². The smallest absolute Gasteiger partial charge is 0.251 e. The fourth-order valence-electron chi connectivity index (χ4n) is 6.67. The Hall–Kier alpha value is -2.42. The Balaban J connectivity index is 1.27. The Morgan fingerprint density at radius 3 is 1.83 bits per heavy atom. The number of benzene rings is 2. The zero-order chi connectivity index (χ0) is 20.0. The first-order chi connectivity index (χ1) is 14.0. The first-order valence-corrected chi connectivity index (χ1v) is 11.0. The van der Waals surface area contributed by atoms with E-state index < -0.39 is 0 Å². The Bertz CT molecular complexity index is 880. The summed E-state index contributed by atoms with van der Waals surface area (Å²) in [6.45, 7) is 2.21. The van der Waals surface area contributed by atoms with Gasteiger partial charge in [0.2, 0.25) is 0 Å². The summed E-state index contributed by atoms with van der Waals surface area (Å²) in [7, 11) is 0. The van der Waals surface area contributed by atoms with Crippen molar-refractivity contribution in [3.05, 3.63) is 71.3 Å². The summed E-state index contributed by atoms with van der Waals surface area (Å²) in [6.07, 6.45) is 8.09. The van der Waals surface area contributed by atoms with Crippen LogP contribution in [0, 0.1) is 23.2 Å². The Kier molecular flexibility index (Phi) is 4.57. The van der Waals surface area contributed by atoms with Gasteiger partial charge >= 0.3 is 0 Å². The van der Waals surface area contributed by atoms with Crippen LogP contribution in [0.25, 0.3) is 0 Å². The van der Waals surface area contributed by atoms with Crippen LogP contribution in [0.5, 0.6) is 0 Å². The van der Waals surface area contributed by atoms with Crippen molar-refractivity contribution in [1.29, 1.82) is 0 Å². The van der Waals surface area contributed by atoms with E-state index in [0.717, 1.165) is 17.8 Å². The van der Waals surface area contributed by atoms with Gasteiger partial charge in [0.05, 0.1) is 0 Å². The van der Waals surface area contributed by atoms with Crippen molar-refractivity contribution in [2.75, 3.05) is 0 Å². The van der Waals surface area contributed by atoms with Crippen molar-refractivity contribution in [3.63, 3.8) is 0 Å². The molecule has 4 bridgehead atoms. The SMILES string of the molecule is C[C@@H](NC(=O)c1ccc(C(=O)c2ccccc2)cc1)C12CC3CC(CC(C3)C1)C2. The molecule has 6 rings (SSSR count). The highest BCUT2D eigenvalue weighted by Crippen LogP contribution is 2.61. The predicted molar refractivity (Wildman–Crippen MR) is 114 cm³/mol. The molecule has 1 amide bonds. The van der Waals surface area contributed by atoms with E-state index in [-0.39, 0.29) is 17.7 Å². The van der Waals surface area contributed by atoms with E-state index in [4.69, 9.17) is 0 Å². The second kappa shape index (κ2) is 7.12. The quantitative estimate of drug-likeness (QED) is 0.712. The van der Waals surface area contributed by atoms with Crippen LogP contribution < -0.4 is 5.32 Å². The molecule has 1 N–H and O–H groups in total. The highest BCUT2D eigenvalue weighted by atomic mass is 16.1. The number of nitrogens with one attached hydrogen (secondary N) is 1. The average molecular weight is 388 g/mol. The van der Waals surface area contributed by atoms with Crippen LogP contribution in [0.4, 0.5) is 0 Å². The maximum atomic E-state index is 12.9. The van der Waals surface area contributed by atoms with Gasteiger partial charge in [0.15, 0.2) is 5.78 Å². The number of hydrogen-bond donors (Lipinski definition) is 1. The molecule has 4 aliphatic carbocycles. The molecular weight excluding hydrogens is 358 g/mol. The molecule has 3 heteroatoms. The highest BCUT2D eigenvalue weighted by molar-refractivity contribution is 6.09. The van der Waals surface area contributed by atoms with Crippen LogP contribution >= 0.6 is 0 Å². The largest absolute Gasteiger partial charge is 0.349 e.